The summed E-state index contributed by atoms with van der Waals surface area (Å²) in [6, 6.07) is 10.7. The Hall–Kier alpha value is -2.83. The Balaban J connectivity index is 1.49. The Bertz CT molecular complexity index is 948. The molecule has 7 heteroatoms. The lowest BCUT2D eigenvalue weighted by Crippen LogP contribution is -2.05. The van der Waals surface area contributed by atoms with E-state index in [0.717, 1.165) is 48.0 Å². The molecule has 1 aromatic heterocycles. The van der Waals surface area contributed by atoms with Gasteiger partial charge in [0, 0.05) is 6.92 Å². The van der Waals surface area contributed by atoms with Gasteiger partial charge in [0.1, 0.15) is 5.75 Å². The number of nitrogens with zero attached hydrogens (tertiary/aromatic N) is 1. The van der Waals surface area contributed by atoms with E-state index >= 15 is 0 Å². The van der Waals surface area contributed by atoms with Crippen LogP contribution in [0.25, 0.3) is 11.0 Å². The zero-order valence-corrected chi connectivity index (χ0v) is 14.8. The first kappa shape index (κ1) is 18.9. The minimum Gasteiger partial charge on any atom is -0.494 e. The lowest BCUT2D eigenvalue weighted by molar-refractivity contribution is -0.137. The molecule has 3 rings (SSSR count). The van der Waals surface area contributed by atoms with Crippen molar-refractivity contribution in [3.63, 3.8) is 0 Å². The molecule has 0 spiro atoms. The van der Waals surface area contributed by atoms with Crippen molar-refractivity contribution in [2.75, 3.05) is 6.61 Å². The molecule has 0 aliphatic rings. The van der Waals surface area contributed by atoms with E-state index in [9.17, 15) is 18.0 Å². The molecule has 4 nitrogen and oxygen atoms in total. The van der Waals surface area contributed by atoms with E-state index in [2.05, 4.69) is 9.97 Å². The zero-order chi connectivity index (χ0) is 19.4. The third kappa shape index (κ3) is 4.87. The molecule has 142 valence electrons. The van der Waals surface area contributed by atoms with Crippen LogP contribution in [-0.2, 0) is 12.6 Å². The summed E-state index contributed by atoms with van der Waals surface area (Å²) in [5, 5.41) is 0. The third-order valence-electron chi connectivity index (χ3n) is 4.17. The van der Waals surface area contributed by atoms with Gasteiger partial charge in [-0.05, 0) is 55.2 Å². The summed E-state index contributed by atoms with van der Waals surface area (Å²) in [4.78, 5) is 18.6. The summed E-state index contributed by atoms with van der Waals surface area (Å²) in [6.07, 6.45) is -2.02. The molecule has 0 amide bonds. The number of ether oxygens (including phenoxy) is 1. The number of unbranched alkanes of at least 4 members (excludes halogenated alkanes) is 1. The fraction of sp³-hybridized carbons (Fsp3) is 0.300. The van der Waals surface area contributed by atoms with Gasteiger partial charge < -0.3 is 9.72 Å². The number of carbonyl (C=O) groups is 1. The largest absolute Gasteiger partial charge is 0.494 e. The second-order valence-corrected chi connectivity index (χ2v) is 6.32. The van der Waals surface area contributed by atoms with Crippen molar-refractivity contribution in [3.8, 4) is 5.75 Å². The van der Waals surface area contributed by atoms with E-state index in [1.807, 2.05) is 18.2 Å². The van der Waals surface area contributed by atoms with E-state index in [4.69, 9.17) is 4.74 Å². The number of hydrogen-bond acceptors (Lipinski definition) is 3. The van der Waals surface area contributed by atoms with Gasteiger partial charge in [0.2, 0.25) is 0 Å². The van der Waals surface area contributed by atoms with Crippen molar-refractivity contribution in [2.24, 2.45) is 0 Å². The Morgan fingerprint density at radius 3 is 2.70 bits per heavy atom. The molecule has 0 aliphatic carbocycles. The van der Waals surface area contributed by atoms with Crippen LogP contribution < -0.4 is 4.74 Å². The van der Waals surface area contributed by atoms with Crippen LogP contribution in [0.2, 0.25) is 0 Å². The summed E-state index contributed by atoms with van der Waals surface area (Å²) in [5.74, 6) is 0.455. The van der Waals surface area contributed by atoms with Crippen LogP contribution in [0.4, 0.5) is 13.2 Å². The topological polar surface area (TPSA) is 55.0 Å². The minimum absolute atomic E-state index is 0.112. The molecule has 0 atom stereocenters. The van der Waals surface area contributed by atoms with Gasteiger partial charge in [-0.1, -0.05) is 12.1 Å². The highest BCUT2D eigenvalue weighted by atomic mass is 19.4. The smallest absolute Gasteiger partial charge is 0.416 e. The Morgan fingerprint density at radius 1 is 1.15 bits per heavy atom. The van der Waals surface area contributed by atoms with Crippen molar-refractivity contribution in [1.82, 2.24) is 9.97 Å². The van der Waals surface area contributed by atoms with Crippen LogP contribution in [0, 0.1) is 0 Å². The van der Waals surface area contributed by atoms with Gasteiger partial charge in [0.25, 0.3) is 0 Å². The number of alkyl halides is 3. The summed E-state index contributed by atoms with van der Waals surface area (Å²) in [5.41, 5.74) is 1.95. The number of aromatic nitrogens is 2. The van der Waals surface area contributed by atoms with Crippen molar-refractivity contribution in [1.29, 1.82) is 0 Å². The highest BCUT2D eigenvalue weighted by molar-refractivity contribution is 5.94. The van der Waals surface area contributed by atoms with E-state index in [1.54, 1.807) is 0 Å². The number of Topliss-reactive ketones (excluding diaryl/α,β-unsaturated/α-hetero) is 1. The number of aryl methyl sites for hydroxylation is 1. The standard InChI is InChI=1S/C20H19F3N2O2/c1-13(26)19-24-17-9-8-14(11-18(17)25-19)5-2-3-10-27-16-7-4-6-15(12-16)20(21,22)23/h4,6-9,11-12H,2-3,5,10H2,1H3,(H,24,25). The summed E-state index contributed by atoms with van der Waals surface area (Å²) in [6.45, 7) is 1.81. The molecule has 0 aliphatic heterocycles. The number of H-pyrrole nitrogens is 1. The van der Waals surface area contributed by atoms with Crippen molar-refractivity contribution in [2.45, 2.75) is 32.4 Å². The van der Waals surface area contributed by atoms with Gasteiger partial charge in [-0.25, -0.2) is 4.98 Å². The normalized spacial score (nSPS) is 11.7. The number of aromatic amines is 1. The molecule has 0 fully saturated rings. The van der Waals surface area contributed by atoms with Gasteiger partial charge in [0.15, 0.2) is 11.6 Å². The first-order chi connectivity index (χ1) is 12.8. The maximum atomic E-state index is 12.7. The number of carbonyl (C=O) groups excluding carboxylic acids is 1. The van der Waals surface area contributed by atoms with Gasteiger partial charge in [-0.15, -0.1) is 0 Å². The van der Waals surface area contributed by atoms with E-state index in [0.29, 0.717) is 12.4 Å². The fourth-order valence-corrected chi connectivity index (χ4v) is 2.76. The number of halogens is 3. The summed E-state index contributed by atoms with van der Waals surface area (Å²) < 4.78 is 43.4. The van der Waals surface area contributed by atoms with Crippen molar-refractivity contribution in [3.05, 3.63) is 59.4 Å². The summed E-state index contributed by atoms with van der Waals surface area (Å²) >= 11 is 0. The molecule has 27 heavy (non-hydrogen) atoms. The Morgan fingerprint density at radius 2 is 1.96 bits per heavy atom. The molecular weight excluding hydrogens is 357 g/mol. The molecular formula is C20H19F3N2O2. The second kappa shape index (κ2) is 7.82. The maximum Gasteiger partial charge on any atom is 0.416 e. The number of benzene rings is 2. The summed E-state index contributed by atoms with van der Waals surface area (Å²) in [7, 11) is 0. The van der Waals surface area contributed by atoms with Gasteiger partial charge >= 0.3 is 6.18 Å². The Labute approximate surface area is 154 Å². The van der Waals surface area contributed by atoms with Crippen LogP contribution in [0.5, 0.6) is 5.75 Å². The van der Waals surface area contributed by atoms with Crippen LogP contribution >= 0.6 is 0 Å². The average Bonchev–Trinajstić information content (AvgIpc) is 3.05. The van der Waals surface area contributed by atoms with Gasteiger partial charge in [-0.2, -0.15) is 13.2 Å². The fourth-order valence-electron chi connectivity index (χ4n) is 2.76. The first-order valence-corrected chi connectivity index (χ1v) is 8.62. The van der Waals surface area contributed by atoms with Crippen molar-refractivity contribution < 1.29 is 22.7 Å². The first-order valence-electron chi connectivity index (χ1n) is 8.62. The number of imidazole rings is 1. The van der Waals surface area contributed by atoms with E-state index in [-0.39, 0.29) is 11.5 Å². The zero-order valence-electron chi connectivity index (χ0n) is 14.8. The van der Waals surface area contributed by atoms with Crippen LogP contribution in [0.3, 0.4) is 0 Å². The average molecular weight is 376 g/mol. The van der Waals surface area contributed by atoms with Gasteiger partial charge in [0.05, 0.1) is 23.2 Å². The minimum atomic E-state index is -4.37. The van der Waals surface area contributed by atoms with Crippen molar-refractivity contribution >= 4 is 16.8 Å². The van der Waals surface area contributed by atoms with E-state index < -0.39 is 11.7 Å². The molecule has 0 bridgehead atoms. The second-order valence-electron chi connectivity index (χ2n) is 6.32. The molecule has 0 unspecified atom stereocenters. The molecule has 0 radical (unpaired) electrons. The van der Waals surface area contributed by atoms with E-state index in [1.165, 1.54) is 19.1 Å². The monoisotopic (exact) mass is 376 g/mol. The quantitative estimate of drug-likeness (QED) is 0.456. The maximum absolute atomic E-state index is 12.7. The molecule has 0 saturated carbocycles. The highest BCUT2D eigenvalue weighted by Gasteiger charge is 2.30. The number of fused-ring (bicyclic) bond motifs is 1. The lowest BCUT2D eigenvalue weighted by Gasteiger charge is -2.10. The predicted molar refractivity (Wildman–Crippen MR) is 96.0 cm³/mol. The van der Waals surface area contributed by atoms with Crippen LogP contribution in [0.1, 0.15) is 41.5 Å². The number of hydrogen-bond donors (Lipinski definition) is 1. The number of rotatable bonds is 7. The van der Waals surface area contributed by atoms with Crippen LogP contribution in [0.15, 0.2) is 42.5 Å². The molecule has 1 heterocycles. The molecule has 2 aromatic carbocycles. The molecule has 3 aromatic rings. The van der Waals surface area contributed by atoms with Gasteiger partial charge in [-0.3, -0.25) is 4.79 Å². The lowest BCUT2D eigenvalue weighted by atomic mass is 10.1. The number of ketones is 1. The predicted octanol–water partition coefficient (Wildman–Crippen LogP) is 5.19. The highest BCUT2D eigenvalue weighted by Crippen LogP contribution is 2.31. The molecule has 1 N–H and O–H groups in total. The number of nitrogens with one attached hydrogen (secondary N) is 1. The molecule has 0 saturated heterocycles. The van der Waals surface area contributed by atoms with Crippen LogP contribution in [-0.4, -0.2) is 22.4 Å². The third-order valence-corrected chi connectivity index (χ3v) is 4.17. The Kier molecular flexibility index (Phi) is 5.48. The SMILES string of the molecule is CC(=O)c1nc2ccc(CCCCOc3cccc(C(F)(F)F)c3)cc2[nH]1.